The van der Waals surface area contributed by atoms with Crippen LogP contribution in [0.5, 0.6) is 5.75 Å². The molecular weight excluding hydrogens is 494 g/mol. The Balaban J connectivity index is 2.47. The molecule has 37 heavy (non-hydrogen) atoms. The lowest BCUT2D eigenvalue weighted by Gasteiger charge is -2.34. The number of anilines is 1. The number of aromatic hydroxyl groups is 1. The molecule has 2 aromatic carbocycles. The van der Waals surface area contributed by atoms with Crippen molar-refractivity contribution in [2.24, 2.45) is 0 Å². The van der Waals surface area contributed by atoms with Gasteiger partial charge in [0.05, 0.1) is 10.7 Å². The number of phenols is 1. The topological polar surface area (TPSA) is 108 Å². The molecule has 0 radical (unpaired) electrons. The highest BCUT2D eigenvalue weighted by molar-refractivity contribution is 6.34. The third-order valence-corrected chi connectivity index (χ3v) is 5.92. The first-order chi connectivity index (χ1) is 17.3. The minimum Gasteiger partial charge on any atom is -0.508 e. The summed E-state index contributed by atoms with van der Waals surface area (Å²) in [5.74, 6) is -0.984. The van der Waals surface area contributed by atoms with Crippen molar-refractivity contribution in [3.8, 4) is 5.75 Å². The van der Waals surface area contributed by atoms with Gasteiger partial charge in [-0.05, 0) is 70.4 Å². The van der Waals surface area contributed by atoms with Crippen LogP contribution in [0.15, 0.2) is 42.5 Å². The number of hydrogen-bond acceptors (Lipinski definition) is 5. The molecule has 202 valence electrons. The van der Waals surface area contributed by atoms with E-state index >= 15 is 0 Å². The summed E-state index contributed by atoms with van der Waals surface area (Å²) in [6, 6.07) is 9.46. The molecule has 3 N–H and O–H groups in total. The van der Waals surface area contributed by atoms with Gasteiger partial charge in [0.1, 0.15) is 23.4 Å². The number of hydrogen-bond donors (Lipinski definition) is 3. The molecule has 0 saturated heterocycles. The van der Waals surface area contributed by atoms with E-state index in [0.29, 0.717) is 22.7 Å². The normalized spacial score (nSPS) is 12.8. The first-order valence-corrected chi connectivity index (χ1v) is 12.9. The molecule has 2 aromatic rings. The van der Waals surface area contributed by atoms with Gasteiger partial charge in [-0.2, -0.15) is 0 Å². The lowest BCUT2D eigenvalue weighted by molar-refractivity contribution is -0.140. The highest BCUT2D eigenvalue weighted by Crippen LogP contribution is 2.30. The molecule has 0 saturated carbocycles. The van der Waals surface area contributed by atoms with Gasteiger partial charge < -0.3 is 25.4 Å². The Kier molecular flexibility index (Phi) is 10.8. The molecule has 0 bridgehead atoms. The molecule has 0 heterocycles. The zero-order valence-electron chi connectivity index (χ0n) is 22.4. The summed E-state index contributed by atoms with van der Waals surface area (Å²) in [6.45, 7) is 10.9. The lowest BCUT2D eigenvalue weighted by Crippen LogP contribution is -2.51. The monoisotopic (exact) mass is 531 g/mol. The maximum Gasteiger partial charge on any atom is 0.408 e. The largest absolute Gasteiger partial charge is 0.508 e. The molecule has 2 unspecified atom stereocenters. The van der Waals surface area contributed by atoms with Gasteiger partial charge in [-0.25, -0.2) is 4.79 Å². The van der Waals surface area contributed by atoms with Crippen molar-refractivity contribution in [2.75, 3.05) is 11.9 Å². The van der Waals surface area contributed by atoms with Crippen LogP contribution in [-0.4, -0.2) is 46.1 Å². The predicted molar refractivity (Wildman–Crippen MR) is 146 cm³/mol. The van der Waals surface area contributed by atoms with Gasteiger partial charge in [0, 0.05) is 6.54 Å². The number of unbranched alkanes of at least 4 members (excludes halogenated alkanes) is 2. The number of amides is 3. The van der Waals surface area contributed by atoms with Gasteiger partial charge in [-0.1, -0.05) is 55.6 Å². The SMILES string of the molecule is CCCCCN(C(=O)C(C)NC(=O)OC(C)(C)C)C(C(=O)Nc1c(C)cccc1Cl)c1cccc(O)c1. The molecular formula is C28H38ClN3O5. The average Bonchev–Trinajstić information content (AvgIpc) is 2.79. The number of alkyl carbamates (subject to hydrolysis) is 1. The van der Waals surface area contributed by atoms with Gasteiger partial charge in [-0.3, -0.25) is 9.59 Å². The van der Waals surface area contributed by atoms with Crippen LogP contribution in [0.25, 0.3) is 0 Å². The van der Waals surface area contributed by atoms with Crippen molar-refractivity contribution < 1.29 is 24.2 Å². The standard InChI is InChI=1S/C28H38ClN3O5/c1-7-8-9-16-32(26(35)19(3)30-27(36)37-28(4,5)6)24(20-13-11-14-21(33)17-20)25(34)31-23-18(2)12-10-15-22(23)29/h10-15,17,19,24,33H,7-9,16H2,1-6H3,(H,30,36)(H,31,34). The van der Waals surface area contributed by atoms with Crippen LogP contribution < -0.4 is 10.6 Å². The molecule has 0 aliphatic carbocycles. The van der Waals surface area contributed by atoms with E-state index in [2.05, 4.69) is 10.6 Å². The van der Waals surface area contributed by atoms with Gasteiger partial charge in [0.15, 0.2) is 0 Å². The Morgan fingerprint density at radius 1 is 1.11 bits per heavy atom. The quantitative estimate of drug-likeness (QED) is 0.327. The maximum atomic E-state index is 13.8. The van der Waals surface area contributed by atoms with E-state index in [-0.39, 0.29) is 12.3 Å². The van der Waals surface area contributed by atoms with E-state index in [1.807, 2.05) is 19.9 Å². The van der Waals surface area contributed by atoms with Crippen LogP contribution in [-0.2, 0) is 14.3 Å². The van der Waals surface area contributed by atoms with Crippen LogP contribution >= 0.6 is 11.6 Å². The van der Waals surface area contributed by atoms with E-state index in [4.69, 9.17) is 16.3 Å². The van der Waals surface area contributed by atoms with Crippen molar-refractivity contribution >= 4 is 35.2 Å². The number of ether oxygens (including phenoxy) is 1. The van der Waals surface area contributed by atoms with Gasteiger partial charge in [-0.15, -0.1) is 0 Å². The third kappa shape index (κ3) is 8.97. The molecule has 0 spiro atoms. The van der Waals surface area contributed by atoms with Crippen molar-refractivity contribution in [3.63, 3.8) is 0 Å². The van der Waals surface area contributed by atoms with Crippen molar-refractivity contribution in [1.29, 1.82) is 0 Å². The Hall–Kier alpha value is -3.26. The smallest absolute Gasteiger partial charge is 0.408 e. The minimum atomic E-state index is -1.09. The number of para-hydroxylation sites is 1. The fourth-order valence-corrected chi connectivity index (χ4v) is 4.11. The van der Waals surface area contributed by atoms with E-state index in [0.717, 1.165) is 18.4 Å². The van der Waals surface area contributed by atoms with Gasteiger partial charge >= 0.3 is 6.09 Å². The summed E-state index contributed by atoms with van der Waals surface area (Å²) in [5, 5.41) is 16.0. The van der Waals surface area contributed by atoms with Crippen LogP contribution in [0.2, 0.25) is 5.02 Å². The highest BCUT2D eigenvalue weighted by Gasteiger charge is 2.35. The molecule has 2 rings (SSSR count). The second kappa shape index (κ2) is 13.3. The second-order valence-corrected chi connectivity index (χ2v) is 10.4. The van der Waals surface area contributed by atoms with Gasteiger partial charge in [0.25, 0.3) is 5.91 Å². The Morgan fingerprint density at radius 3 is 2.38 bits per heavy atom. The number of nitrogens with zero attached hydrogens (tertiary/aromatic N) is 1. The number of phenolic OH excluding ortho intramolecular Hbond substituents is 1. The van der Waals surface area contributed by atoms with E-state index in [9.17, 15) is 19.5 Å². The van der Waals surface area contributed by atoms with Crippen LogP contribution in [0.1, 0.15) is 71.0 Å². The number of rotatable bonds is 10. The maximum absolute atomic E-state index is 13.8. The van der Waals surface area contributed by atoms with Gasteiger partial charge in [0.2, 0.25) is 5.91 Å². The lowest BCUT2D eigenvalue weighted by atomic mass is 10.0. The van der Waals surface area contributed by atoms with Crippen LogP contribution in [0.4, 0.5) is 10.5 Å². The number of nitrogens with one attached hydrogen (secondary N) is 2. The molecule has 2 atom stereocenters. The van der Waals surface area contributed by atoms with E-state index < -0.39 is 35.6 Å². The summed E-state index contributed by atoms with van der Waals surface area (Å²) < 4.78 is 5.30. The van der Waals surface area contributed by atoms with Crippen LogP contribution in [0.3, 0.4) is 0 Å². The summed E-state index contributed by atoms with van der Waals surface area (Å²) in [7, 11) is 0. The summed E-state index contributed by atoms with van der Waals surface area (Å²) in [4.78, 5) is 41.3. The number of benzene rings is 2. The average molecular weight is 532 g/mol. The number of halogens is 1. The van der Waals surface area contributed by atoms with Crippen molar-refractivity contribution in [3.05, 3.63) is 58.6 Å². The van der Waals surface area contributed by atoms with E-state index in [1.54, 1.807) is 52.0 Å². The Bertz CT molecular complexity index is 1080. The number of carbonyl (C=O) groups is 3. The Labute approximate surface area is 224 Å². The minimum absolute atomic E-state index is 0.0369. The summed E-state index contributed by atoms with van der Waals surface area (Å²) in [5.41, 5.74) is 0.904. The summed E-state index contributed by atoms with van der Waals surface area (Å²) in [6.07, 6.45) is 1.67. The summed E-state index contributed by atoms with van der Waals surface area (Å²) >= 11 is 6.36. The zero-order valence-corrected chi connectivity index (χ0v) is 23.2. The molecule has 0 aromatic heterocycles. The first kappa shape index (κ1) is 30.0. The first-order valence-electron chi connectivity index (χ1n) is 12.5. The number of aryl methyl sites for hydroxylation is 1. The number of carbonyl (C=O) groups excluding carboxylic acids is 3. The van der Waals surface area contributed by atoms with E-state index in [1.165, 1.54) is 17.0 Å². The Morgan fingerprint density at radius 2 is 1.78 bits per heavy atom. The second-order valence-electron chi connectivity index (χ2n) is 10.0. The van der Waals surface area contributed by atoms with Crippen LogP contribution in [0, 0.1) is 6.92 Å². The van der Waals surface area contributed by atoms with Crippen molar-refractivity contribution in [1.82, 2.24) is 10.2 Å². The fourth-order valence-electron chi connectivity index (χ4n) is 3.84. The molecule has 9 heteroatoms. The predicted octanol–water partition coefficient (Wildman–Crippen LogP) is 5.97. The van der Waals surface area contributed by atoms with Crippen molar-refractivity contribution in [2.45, 2.75) is 78.5 Å². The fraction of sp³-hybridized carbons (Fsp3) is 0.464. The molecule has 0 fully saturated rings. The third-order valence-electron chi connectivity index (χ3n) is 5.61. The molecule has 8 nitrogen and oxygen atoms in total. The highest BCUT2D eigenvalue weighted by atomic mass is 35.5. The molecule has 0 aliphatic heterocycles. The zero-order chi connectivity index (χ0) is 27.8. The molecule has 3 amide bonds. The molecule has 0 aliphatic rings.